The molecule has 2 atom stereocenters. The fourth-order valence-electron chi connectivity index (χ4n) is 3.02. The number of hydrogen-bond acceptors (Lipinski definition) is 3. The lowest BCUT2D eigenvalue weighted by Gasteiger charge is -2.17. The van der Waals surface area contributed by atoms with Crippen molar-refractivity contribution < 1.29 is 14.3 Å². The molecule has 0 aromatic heterocycles. The summed E-state index contributed by atoms with van der Waals surface area (Å²) in [5.74, 6) is -0.296. The fourth-order valence-corrected chi connectivity index (χ4v) is 3.02. The minimum atomic E-state index is -0.268. The summed E-state index contributed by atoms with van der Waals surface area (Å²) in [6.07, 6.45) is 2.48. The van der Waals surface area contributed by atoms with Gasteiger partial charge in [-0.3, -0.25) is 9.59 Å². The molecule has 0 aliphatic carbocycles. The zero-order chi connectivity index (χ0) is 15.5. The van der Waals surface area contributed by atoms with Crippen molar-refractivity contribution in [2.75, 3.05) is 24.6 Å². The summed E-state index contributed by atoms with van der Waals surface area (Å²) in [5, 5.41) is 2.93. The SMILES string of the molecule is Cc1ccc(N2C[C@@H](C(=O)NC[C@@H]3CCCO3)CC2=O)cc1. The molecule has 0 unspecified atom stereocenters. The van der Waals surface area contributed by atoms with E-state index in [9.17, 15) is 9.59 Å². The first kappa shape index (κ1) is 15.0. The Hall–Kier alpha value is -1.88. The van der Waals surface area contributed by atoms with Gasteiger partial charge in [0.25, 0.3) is 0 Å². The summed E-state index contributed by atoms with van der Waals surface area (Å²) in [6, 6.07) is 7.82. The minimum absolute atomic E-state index is 0.0149. The van der Waals surface area contributed by atoms with Crippen molar-refractivity contribution in [3.8, 4) is 0 Å². The summed E-state index contributed by atoms with van der Waals surface area (Å²) in [4.78, 5) is 26.1. The number of amides is 2. The van der Waals surface area contributed by atoms with Crippen molar-refractivity contribution in [3.63, 3.8) is 0 Å². The molecule has 2 aliphatic rings. The number of rotatable bonds is 4. The van der Waals surface area contributed by atoms with Crippen molar-refractivity contribution in [3.05, 3.63) is 29.8 Å². The van der Waals surface area contributed by atoms with Crippen LogP contribution >= 0.6 is 0 Å². The number of hydrogen-bond donors (Lipinski definition) is 1. The first-order valence-electron chi connectivity index (χ1n) is 7.90. The molecule has 5 heteroatoms. The quantitative estimate of drug-likeness (QED) is 0.920. The number of anilines is 1. The normalized spacial score (nSPS) is 24.8. The number of nitrogens with one attached hydrogen (secondary N) is 1. The van der Waals surface area contributed by atoms with Gasteiger partial charge in [0.2, 0.25) is 11.8 Å². The minimum Gasteiger partial charge on any atom is -0.376 e. The number of ether oxygens (including phenoxy) is 1. The number of carbonyl (C=O) groups is 2. The first-order chi connectivity index (χ1) is 10.6. The van der Waals surface area contributed by atoms with Gasteiger partial charge in [0, 0.05) is 31.8 Å². The molecular weight excluding hydrogens is 280 g/mol. The maximum Gasteiger partial charge on any atom is 0.227 e. The van der Waals surface area contributed by atoms with E-state index < -0.39 is 0 Å². The number of aryl methyl sites for hydroxylation is 1. The highest BCUT2D eigenvalue weighted by Gasteiger charge is 2.35. The van der Waals surface area contributed by atoms with Crippen molar-refractivity contribution in [2.24, 2.45) is 5.92 Å². The fraction of sp³-hybridized carbons (Fsp3) is 0.529. The molecule has 5 nitrogen and oxygen atoms in total. The highest BCUT2D eigenvalue weighted by Crippen LogP contribution is 2.25. The molecule has 2 amide bonds. The number of benzene rings is 1. The van der Waals surface area contributed by atoms with E-state index in [1.807, 2.05) is 31.2 Å². The van der Waals surface area contributed by atoms with Crippen molar-refractivity contribution in [1.82, 2.24) is 5.32 Å². The second kappa shape index (κ2) is 6.48. The molecule has 118 valence electrons. The molecule has 3 rings (SSSR count). The third kappa shape index (κ3) is 3.30. The van der Waals surface area contributed by atoms with Crippen LogP contribution in [0.1, 0.15) is 24.8 Å². The predicted octanol–water partition coefficient (Wildman–Crippen LogP) is 1.64. The van der Waals surface area contributed by atoms with Gasteiger partial charge < -0.3 is 15.0 Å². The maximum absolute atomic E-state index is 12.2. The molecule has 0 saturated carbocycles. The highest BCUT2D eigenvalue weighted by molar-refractivity contribution is 6.00. The Labute approximate surface area is 130 Å². The van der Waals surface area contributed by atoms with Gasteiger partial charge >= 0.3 is 0 Å². The van der Waals surface area contributed by atoms with Gasteiger partial charge in [-0.2, -0.15) is 0 Å². The van der Waals surface area contributed by atoms with E-state index in [0.717, 1.165) is 30.7 Å². The number of nitrogens with zero attached hydrogens (tertiary/aromatic N) is 1. The van der Waals surface area contributed by atoms with E-state index in [1.165, 1.54) is 0 Å². The standard InChI is InChI=1S/C17H22N2O3/c1-12-4-6-14(7-5-12)19-11-13(9-16(19)20)17(21)18-10-15-3-2-8-22-15/h4-7,13,15H,2-3,8-11H2,1H3,(H,18,21)/t13-,15-/m0/s1. The second-order valence-corrected chi connectivity index (χ2v) is 6.12. The van der Waals surface area contributed by atoms with E-state index >= 15 is 0 Å². The van der Waals surface area contributed by atoms with Crippen LogP contribution in [0.25, 0.3) is 0 Å². The van der Waals surface area contributed by atoms with E-state index in [1.54, 1.807) is 4.90 Å². The molecule has 0 radical (unpaired) electrons. The number of carbonyl (C=O) groups excluding carboxylic acids is 2. The Balaban J connectivity index is 1.56. The van der Waals surface area contributed by atoms with Crippen LogP contribution in [0, 0.1) is 12.8 Å². The van der Waals surface area contributed by atoms with Crippen molar-refractivity contribution in [1.29, 1.82) is 0 Å². The zero-order valence-corrected chi connectivity index (χ0v) is 12.9. The Kier molecular flexibility index (Phi) is 4.43. The van der Waals surface area contributed by atoms with E-state index in [4.69, 9.17) is 4.74 Å². The topological polar surface area (TPSA) is 58.6 Å². The Morgan fingerprint density at radius 3 is 2.82 bits per heavy atom. The third-order valence-electron chi connectivity index (χ3n) is 4.37. The van der Waals surface area contributed by atoms with Crippen molar-refractivity contribution in [2.45, 2.75) is 32.3 Å². The van der Waals surface area contributed by atoms with Gasteiger partial charge in [-0.1, -0.05) is 17.7 Å². The average molecular weight is 302 g/mol. The molecule has 0 spiro atoms. The Bertz CT molecular complexity index is 550. The smallest absolute Gasteiger partial charge is 0.227 e. The van der Waals surface area contributed by atoms with Gasteiger partial charge in [0.1, 0.15) is 0 Å². The molecule has 22 heavy (non-hydrogen) atoms. The molecule has 2 saturated heterocycles. The predicted molar refractivity (Wildman–Crippen MR) is 83.6 cm³/mol. The molecule has 2 heterocycles. The molecule has 0 bridgehead atoms. The lowest BCUT2D eigenvalue weighted by atomic mass is 10.1. The van der Waals surface area contributed by atoms with E-state index in [2.05, 4.69) is 5.32 Å². The van der Waals surface area contributed by atoms with E-state index in [-0.39, 0.29) is 30.3 Å². The second-order valence-electron chi connectivity index (χ2n) is 6.12. The highest BCUT2D eigenvalue weighted by atomic mass is 16.5. The van der Waals surface area contributed by atoms with Crippen LogP contribution in [0.5, 0.6) is 0 Å². The summed E-state index contributed by atoms with van der Waals surface area (Å²) < 4.78 is 5.50. The average Bonchev–Trinajstić information content (AvgIpc) is 3.15. The van der Waals surface area contributed by atoms with Gasteiger partial charge in [-0.15, -0.1) is 0 Å². The summed E-state index contributed by atoms with van der Waals surface area (Å²) >= 11 is 0. The van der Waals surface area contributed by atoms with E-state index in [0.29, 0.717) is 13.1 Å². The Morgan fingerprint density at radius 1 is 1.36 bits per heavy atom. The van der Waals surface area contributed by atoms with Crippen LogP contribution in [0.15, 0.2) is 24.3 Å². The lowest BCUT2D eigenvalue weighted by molar-refractivity contribution is -0.126. The molecule has 2 fully saturated rings. The van der Waals surface area contributed by atoms with Gasteiger partial charge in [-0.25, -0.2) is 0 Å². The zero-order valence-electron chi connectivity index (χ0n) is 12.9. The van der Waals surface area contributed by atoms with Crippen LogP contribution < -0.4 is 10.2 Å². The van der Waals surface area contributed by atoms with Crippen LogP contribution in [0.3, 0.4) is 0 Å². The summed E-state index contributed by atoms with van der Waals surface area (Å²) in [5.41, 5.74) is 2.02. The van der Waals surface area contributed by atoms with Crippen LogP contribution in [-0.2, 0) is 14.3 Å². The monoisotopic (exact) mass is 302 g/mol. The molecule has 2 aliphatic heterocycles. The maximum atomic E-state index is 12.2. The van der Waals surface area contributed by atoms with Crippen LogP contribution in [-0.4, -0.2) is 37.6 Å². The summed E-state index contributed by atoms with van der Waals surface area (Å²) in [6.45, 7) is 3.80. The van der Waals surface area contributed by atoms with Crippen molar-refractivity contribution >= 4 is 17.5 Å². The molecule has 1 aromatic rings. The van der Waals surface area contributed by atoms with Crippen LogP contribution in [0.2, 0.25) is 0 Å². The van der Waals surface area contributed by atoms with Gasteiger partial charge in [-0.05, 0) is 31.9 Å². The third-order valence-corrected chi connectivity index (χ3v) is 4.37. The largest absolute Gasteiger partial charge is 0.376 e. The molecular formula is C17H22N2O3. The summed E-state index contributed by atoms with van der Waals surface area (Å²) in [7, 11) is 0. The first-order valence-corrected chi connectivity index (χ1v) is 7.90. The molecule has 1 aromatic carbocycles. The Morgan fingerprint density at radius 2 is 2.14 bits per heavy atom. The lowest BCUT2D eigenvalue weighted by Crippen LogP contribution is -2.37. The van der Waals surface area contributed by atoms with Gasteiger partial charge in [0.05, 0.1) is 12.0 Å². The van der Waals surface area contributed by atoms with Gasteiger partial charge in [0.15, 0.2) is 0 Å². The molecule has 1 N–H and O–H groups in total. The van der Waals surface area contributed by atoms with Crippen LogP contribution in [0.4, 0.5) is 5.69 Å².